The first-order chi connectivity index (χ1) is 6.20. The Morgan fingerprint density at radius 3 is 2.85 bits per heavy atom. The van der Waals surface area contributed by atoms with E-state index in [-0.39, 0.29) is 0 Å². The number of nitrogens with one attached hydrogen (secondary N) is 1. The number of rotatable bonds is 2. The lowest BCUT2D eigenvalue weighted by atomic mass is 9.83. The van der Waals surface area contributed by atoms with E-state index in [1.54, 1.807) is 0 Å². The van der Waals surface area contributed by atoms with E-state index < -0.39 is 0 Å². The summed E-state index contributed by atoms with van der Waals surface area (Å²) in [6.07, 6.45) is 7.42. The van der Waals surface area contributed by atoms with E-state index >= 15 is 0 Å². The van der Waals surface area contributed by atoms with Crippen molar-refractivity contribution in [3.8, 4) is 0 Å². The van der Waals surface area contributed by atoms with E-state index in [9.17, 15) is 0 Å². The first kappa shape index (κ1) is 9.51. The van der Waals surface area contributed by atoms with Crippen molar-refractivity contribution in [2.75, 3.05) is 13.1 Å². The molecule has 13 heavy (non-hydrogen) atoms. The molecule has 0 amide bonds. The molecule has 1 spiro atoms. The molecule has 0 bridgehead atoms. The fourth-order valence-electron chi connectivity index (χ4n) is 3.38. The van der Waals surface area contributed by atoms with E-state index in [0.29, 0.717) is 0 Å². The average Bonchev–Trinajstić information content (AvgIpc) is 2.63. The zero-order valence-corrected chi connectivity index (χ0v) is 9.10. The van der Waals surface area contributed by atoms with E-state index in [1.165, 1.54) is 45.2 Å². The monoisotopic (exact) mass is 181 g/mol. The second-order valence-electron chi connectivity index (χ2n) is 5.67. The molecule has 1 saturated heterocycles. The van der Waals surface area contributed by atoms with Gasteiger partial charge in [-0.2, -0.15) is 0 Å². The van der Waals surface area contributed by atoms with E-state index in [1.807, 2.05) is 0 Å². The smallest absolute Gasteiger partial charge is 0.000839 e. The fraction of sp³-hybridized carbons (Fsp3) is 1.00. The van der Waals surface area contributed by atoms with E-state index in [0.717, 1.165) is 17.3 Å². The summed E-state index contributed by atoms with van der Waals surface area (Å²) >= 11 is 0. The van der Waals surface area contributed by atoms with Crippen LogP contribution in [0.1, 0.15) is 46.0 Å². The molecule has 1 heteroatoms. The van der Waals surface area contributed by atoms with Gasteiger partial charge in [-0.25, -0.2) is 0 Å². The molecular weight excluding hydrogens is 158 g/mol. The van der Waals surface area contributed by atoms with Crippen LogP contribution in [0, 0.1) is 17.3 Å². The lowest BCUT2D eigenvalue weighted by molar-refractivity contribution is 0.305. The molecule has 1 aliphatic heterocycles. The van der Waals surface area contributed by atoms with Crippen LogP contribution in [0.15, 0.2) is 0 Å². The Morgan fingerprint density at radius 2 is 2.23 bits per heavy atom. The summed E-state index contributed by atoms with van der Waals surface area (Å²) in [6, 6.07) is 0. The maximum absolute atomic E-state index is 3.53. The van der Waals surface area contributed by atoms with Crippen LogP contribution in [0.2, 0.25) is 0 Å². The normalized spacial score (nSPS) is 39.5. The summed E-state index contributed by atoms with van der Waals surface area (Å²) in [4.78, 5) is 0. The molecule has 1 N–H and O–H groups in total. The van der Waals surface area contributed by atoms with E-state index in [4.69, 9.17) is 0 Å². The van der Waals surface area contributed by atoms with Crippen molar-refractivity contribution < 1.29 is 0 Å². The third-order valence-electron chi connectivity index (χ3n) is 3.94. The molecule has 1 heterocycles. The predicted octanol–water partition coefficient (Wildman–Crippen LogP) is 2.81. The van der Waals surface area contributed by atoms with Gasteiger partial charge in [0.1, 0.15) is 0 Å². The first-order valence-corrected chi connectivity index (χ1v) is 5.91. The molecule has 0 aromatic carbocycles. The Bertz CT molecular complexity index is 168. The third kappa shape index (κ3) is 2.07. The SMILES string of the molecule is CC(C)CC1CCC2(CCNC2)C1. The second-order valence-corrected chi connectivity index (χ2v) is 5.67. The van der Waals surface area contributed by atoms with Crippen molar-refractivity contribution in [1.29, 1.82) is 0 Å². The van der Waals surface area contributed by atoms with Crippen LogP contribution < -0.4 is 5.32 Å². The van der Waals surface area contributed by atoms with Gasteiger partial charge >= 0.3 is 0 Å². The fourth-order valence-corrected chi connectivity index (χ4v) is 3.38. The molecular formula is C12H23N. The Balaban J connectivity index is 1.86. The minimum Gasteiger partial charge on any atom is -0.316 e. The third-order valence-corrected chi connectivity index (χ3v) is 3.94. The van der Waals surface area contributed by atoms with Gasteiger partial charge in [0.15, 0.2) is 0 Å². The van der Waals surface area contributed by atoms with Crippen molar-refractivity contribution >= 4 is 0 Å². The quantitative estimate of drug-likeness (QED) is 0.690. The minimum absolute atomic E-state index is 0.736. The van der Waals surface area contributed by atoms with Crippen LogP contribution in [0.25, 0.3) is 0 Å². The summed E-state index contributed by atoms with van der Waals surface area (Å²) < 4.78 is 0. The zero-order valence-electron chi connectivity index (χ0n) is 9.10. The van der Waals surface area contributed by atoms with Crippen molar-refractivity contribution in [1.82, 2.24) is 5.32 Å². The summed E-state index contributed by atoms with van der Waals surface area (Å²) in [5, 5.41) is 3.53. The lowest BCUT2D eigenvalue weighted by Crippen LogP contribution is -2.20. The van der Waals surface area contributed by atoms with Gasteiger partial charge in [-0.1, -0.05) is 13.8 Å². The molecule has 2 rings (SSSR count). The molecule has 0 radical (unpaired) electrons. The first-order valence-electron chi connectivity index (χ1n) is 5.91. The predicted molar refractivity (Wildman–Crippen MR) is 56.7 cm³/mol. The molecule has 2 aliphatic rings. The molecule has 2 fully saturated rings. The van der Waals surface area contributed by atoms with Gasteiger partial charge in [-0.15, -0.1) is 0 Å². The Kier molecular flexibility index (Phi) is 2.64. The van der Waals surface area contributed by atoms with Crippen LogP contribution in [-0.4, -0.2) is 13.1 Å². The van der Waals surface area contributed by atoms with Crippen LogP contribution in [-0.2, 0) is 0 Å². The van der Waals surface area contributed by atoms with Gasteiger partial charge < -0.3 is 5.32 Å². The van der Waals surface area contributed by atoms with Gasteiger partial charge in [0.25, 0.3) is 0 Å². The van der Waals surface area contributed by atoms with Crippen LogP contribution in [0.4, 0.5) is 0 Å². The molecule has 0 aromatic heterocycles. The highest BCUT2D eigenvalue weighted by molar-refractivity contribution is 4.94. The van der Waals surface area contributed by atoms with Crippen molar-refractivity contribution in [3.05, 3.63) is 0 Å². The highest BCUT2D eigenvalue weighted by atomic mass is 14.9. The summed E-state index contributed by atoms with van der Waals surface area (Å²) in [5.74, 6) is 1.94. The van der Waals surface area contributed by atoms with Gasteiger partial charge in [-0.05, 0) is 55.9 Å². The summed E-state index contributed by atoms with van der Waals surface area (Å²) in [5.41, 5.74) is 0.736. The lowest BCUT2D eigenvalue weighted by Gasteiger charge is -2.22. The van der Waals surface area contributed by atoms with Gasteiger partial charge in [0.2, 0.25) is 0 Å². The molecule has 1 saturated carbocycles. The molecule has 0 aromatic rings. The molecule has 1 aliphatic carbocycles. The van der Waals surface area contributed by atoms with Crippen molar-refractivity contribution in [2.45, 2.75) is 46.0 Å². The largest absolute Gasteiger partial charge is 0.316 e. The maximum Gasteiger partial charge on any atom is 0.000839 e. The zero-order chi connectivity index (χ0) is 9.31. The number of hydrogen-bond donors (Lipinski definition) is 1. The van der Waals surface area contributed by atoms with Crippen LogP contribution in [0.5, 0.6) is 0 Å². The number of hydrogen-bond acceptors (Lipinski definition) is 1. The standard InChI is InChI=1S/C12H23N/c1-10(2)7-11-3-4-12(8-11)5-6-13-9-12/h10-11,13H,3-9H2,1-2H3. The minimum atomic E-state index is 0.736. The molecule has 2 unspecified atom stereocenters. The van der Waals surface area contributed by atoms with E-state index in [2.05, 4.69) is 19.2 Å². The average molecular weight is 181 g/mol. The van der Waals surface area contributed by atoms with Gasteiger partial charge in [0.05, 0.1) is 0 Å². The van der Waals surface area contributed by atoms with Crippen molar-refractivity contribution in [2.24, 2.45) is 17.3 Å². The topological polar surface area (TPSA) is 12.0 Å². The van der Waals surface area contributed by atoms with Crippen LogP contribution in [0.3, 0.4) is 0 Å². The van der Waals surface area contributed by atoms with Gasteiger partial charge in [-0.3, -0.25) is 0 Å². The Morgan fingerprint density at radius 1 is 1.38 bits per heavy atom. The summed E-state index contributed by atoms with van der Waals surface area (Å²) in [7, 11) is 0. The maximum atomic E-state index is 3.53. The molecule has 2 atom stereocenters. The summed E-state index contributed by atoms with van der Waals surface area (Å²) in [6.45, 7) is 7.30. The van der Waals surface area contributed by atoms with Crippen LogP contribution >= 0.6 is 0 Å². The Labute approximate surface area is 82.3 Å². The molecule has 1 nitrogen and oxygen atoms in total. The second kappa shape index (κ2) is 3.61. The molecule has 76 valence electrons. The Hall–Kier alpha value is -0.0400. The van der Waals surface area contributed by atoms with Gasteiger partial charge in [0, 0.05) is 6.54 Å². The highest BCUT2D eigenvalue weighted by Gasteiger charge is 2.40. The highest BCUT2D eigenvalue weighted by Crippen LogP contribution is 2.47. The van der Waals surface area contributed by atoms with Crippen molar-refractivity contribution in [3.63, 3.8) is 0 Å².